The van der Waals surface area contributed by atoms with E-state index in [0.29, 0.717) is 23.7 Å². The smallest absolute Gasteiger partial charge is 0.278 e. The highest BCUT2D eigenvalue weighted by Gasteiger charge is 2.34. The fraction of sp³-hybridized carbons (Fsp3) is 0.292. The van der Waals surface area contributed by atoms with Crippen LogP contribution in [0.3, 0.4) is 0 Å². The van der Waals surface area contributed by atoms with Gasteiger partial charge in [0.05, 0.1) is 20.3 Å². The maximum atomic E-state index is 14.4. The van der Waals surface area contributed by atoms with Gasteiger partial charge in [-0.25, -0.2) is 9.07 Å². The number of para-hydroxylation sites is 1. The molecular weight excluding hydrogens is 413 g/mol. The van der Waals surface area contributed by atoms with Crippen LogP contribution in [0.15, 0.2) is 53.3 Å². The molecule has 7 nitrogen and oxygen atoms in total. The largest absolute Gasteiger partial charge is 0.497 e. The summed E-state index contributed by atoms with van der Waals surface area (Å²) in [5, 5.41) is 4.27. The van der Waals surface area contributed by atoms with Crippen molar-refractivity contribution in [3.05, 3.63) is 81.5 Å². The Morgan fingerprint density at radius 2 is 1.91 bits per heavy atom. The van der Waals surface area contributed by atoms with Crippen molar-refractivity contribution in [2.75, 3.05) is 20.8 Å². The molecule has 0 bridgehead atoms. The van der Waals surface area contributed by atoms with Crippen molar-refractivity contribution in [3.8, 4) is 17.2 Å². The molecule has 32 heavy (non-hydrogen) atoms. The molecule has 8 heteroatoms. The maximum Gasteiger partial charge on any atom is 0.278 e. The van der Waals surface area contributed by atoms with Crippen LogP contribution < -0.4 is 14.9 Å². The zero-order valence-electron chi connectivity index (χ0n) is 18.2. The predicted molar refractivity (Wildman–Crippen MR) is 117 cm³/mol. The summed E-state index contributed by atoms with van der Waals surface area (Å²) in [4.78, 5) is 27.8. The van der Waals surface area contributed by atoms with Crippen molar-refractivity contribution >= 4 is 5.91 Å². The Bertz CT molecular complexity index is 1220. The second kappa shape index (κ2) is 8.82. The van der Waals surface area contributed by atoms with Gasteiger partial charge < -0.3 is 14.4 Å². The number of hydrogen-bond acceptors (Lipinski definition) is 5. The van der Waals surface area contributed by atoms with Crippen LogP contribution in [0.5, 0.6) is 11.5 Å². The van der Waals surface area contributed by atoms with Crippen LogP contribution in [-0.2, 0) is 0 Å². The van der Waals surface area contributed by atoms with Crippen LogP contribution in [0, 0.1) is 12.7 Å². The van der Waals surface area contributed by atoms with Gasteiger partial charge in [0, 0.05) is 29.9 Å². The number of benzene rings is 2. The van der Waals surface area contributed by atoms with Gasteiger partial charge in [0.1, 0.15) is 23.0 Å². The number of carbonyl (C=O) groups is 1. The summed E-state index contributed by atoms with van der Waals surface area (Å²) in [5.74, 6) is 0.275. The zero-order chi connectivity index (χ0) is 22.8. The van der Waals surface area contributed by atoms with E-state index in [2.05, 4.69) is 5.10 Å². The van der Waals surface area contributed by atoms with Gasteiger partial charge in [-0.15, -0.1) is 0 Å². The number of methoxy groups -OCH3 is 2. The molecule has 0 spiro atoms. The van der Waals surface area contributed by atoms with E-state index in [1.54, 1.807) is 50.3 Å². The topological polar surface area (TPSA) is 73.7 Å². The summed E-state index contributed by atoms with van der Waals surface area (Å²) in [6.07, 6.45) is 1.50. The Morgan fingerprint density at radius 3 is 2.62 bits per heavy atom. The van der Waals surface area contributed by atoms with Gasteiger partial charge >= 0.3 is 0 Å². The molecule has 0 unspecified atom stereocenters. The minimum absolute atomic E-state index is 0.175. The molecule has 3 aromatic rings. The number of aryl methyl sites for hydroxylation is 1. The molecule has 1 amide bonds. The number of halogens is 1. The van der Waals surface area contributed by atoms with E-state index in [-0.39, 0.29) is 17.4 Å². The van der Waals surface area contributed by atoms with Gasteiger partial charge in [-0.2, -0.15) is 5.10 Å². The maximum absolute atomic E-state index is 14.4. The van der Waals surface area contributed by atoms with Gasteiger partial charge in [-0.05, 0) is 44.0 Å². The van der Waals surface area contributed by atoms with Crippen molar-refractivity contribution in [1.82, 2.24) is 14.7 Å². The van der Waals surface area contributed by atoms with Gasteiger partial charge in [-0.3, -0.25) is 9.59 Å². The van der Waals surface area contributed by atoms with E-state index < -0.39 is 17.2 Å². The van der Waals surface area contributed by atoms with E-state index in [1.807, 2.05) is 12.1 Å². The molecule has 1 aliphatic heterocycles. The number of hydrogen-bond donors (Lipinski definition) is 0. The summed E-state index contributed by atoms with van der Waals surface area (Å²) < 4.78 is 26.4. The first-order valence-electron chi connectivity index (χ1n) is 10.3. The molecule has 1 aromatic heterocycles. The molecule has 2 aromatic carbocycles. The molecule has 0 N–H and O–H groups in total. The number of aromatic nitrogens is 2. The summed E-state index contributed by atoms with van der Waals surface area (Å²) in [6, 6.07) is 12.6. The molecule has 0 aliphatic carbocycles. The molecule has 1 aliphatic rings. The van der Waals surface area contributed by atoms with Crippen LogP contribution in [-0.4, -0.2) is 41.4 Å². The molecule has 166 valence electrons. The zero-order valence-corrected chi connectivity index (χ0v) is 18.2. The lowest BCUT2D eigenvalue weighted by Gasteiger charge is -2.26. The third kappa shape index (κ3) is 3.84. The van der Waals surface area contributed by atoms with Crippen molar-refractivity contribution in [3.63, 3.8) is 0 Å². The quantitative estimate of drug-likeness (QED) is 0.609. The summed E-state index contributed by atoms with van der Waals surface area (Å²) >= 11 is 0. The monoisotopic (exact) mass is 437 g/mol. The minimum Gasteiger partial charge on any atom is -0.497 e. The Labute approximate surface area is 185 Å². The van der Waals surface area contributed by atoms with Crippen LogP contribution in [0.2, 0.25) is 0 Å². The molecule has 1 atom stereocenters. The van der Waals surface area contributed by atoms with Crippen LogP contribution in [0.25, 0.3) is 5.69 Å². The second-order valence-electron chi connectivity index (χ2n) is 7.63. The van der Waals surface area contributed by atoms with Crippen molar-refractivity contribution < 1.29 is 18.7 Å². The van der Waals surface area contributed by atoms with E-state index in [9.17, 15) is 14.0 Å². The number of rotatable bonds is 5. The highest BCUT2D eigenvalue weighted by molar-refractivity contribution is 5.92. The van der Waals surface area contributed by atoms with E-state index >= 15 is 0 Å². The molecular formula is C24H24FN3O4. The van der Waals surface area contributed by atoms with Crippen LogP contribution >= 0.6 is 0 Å². The SMILES string of the molecule is COc1ccc([C@H]2CCCN2C(=O)c2nn(-c3ccccc3F)c(C)cc2=O)c(OC)c1. The van der Waals surface area contributed by atoms with Crippen LogP contribution in [0.1, 0.15) is 40.6 Å². The van der Waals surface area contributed by atoms with Gasteiger partial charge in [0.15, 0.2) is 5.69 Å². The highest BCUT2D eigenvalue weighted by Crippen LogP contribution is 2.39. The fourth-order valence-corrected chi connectivity index (χ4v) is 4.13. The summed E-state index contributed by atoms with van der Waals surface area (Å²) in [7, 11) is 3.14. The number of carbonyl (C=O) groups excluding carboxylic acids is 1. The lowest BCUT2D eigenvalue weighted by molar-refractivity contribution is 0.0724. The summed E-state index contributed by atoms with van der Waals surface area (Å²) in [6.45, 7) is 2.13. The van der Waals surface area contributed by atoms with Crippen molar-refractivity contribution in [2.24, 2.45) is 0 Å². The number of amides is 1. The molecule has 1 saturated heterocycles. The van der Waals surface area contributed by atoms with Gasteiger partial charge in [-0.1, -0.05) is 12.1 Å². The third-order valence-corrected chi connectivity index (χ3v) is 5.70. The predicted octanol–water partition coefficient (Wildman–Crippen LogP) is 3.67. The Kier molecular flexibility index (Phi) is 5.94. The normalized spacial score (nSPS) is 15.6. The first-order valence-corrected chi connectivity index (χ1v) is 10.3. The standard InChI is InChI=1S/C24H24FN3O4/c1-15-13-21(29)23(26-28(15)20-8-5-4-7-18(20)25)24(30)27-12-6-9-19(27)17-11-10-16(31-2)14-22(17)32-3/h4-5,7-8,10-11,13-14,19H,6,9,12H2,1-3H3/t19-/m1/s1. The average Bonchev–Trinajstić information content (AvgIpc) is 3.28. The van der Waals surface area contributed by atoms with Gasteiger partial charge in [0.2, 0.25) is 5.43 Å². The first kappa shape index (κ1) is 21.5. The molecule has 0 radical (unpaired) electrons. The fourth-order valence-electron chi connectivity index (χ4n) is 4.13. The van der Waals surface area contributed by atoms with E-state index in [1.165, 1.54) is 16.8 Å². The second-order valence-corrected chi connectivity index (χ2v) is 7.63. The molecule has 1 fully saturated rings. The number of nitrogens with zero attached hydrogens (tertiary/aromatic N) is 3. The molecule has 4 rings (SSSR count). The number of likely N-dealkylation sites (tertiary alicyclic amines) is 1. The Balaban J connectivity index is 1.74. The van der Waals surface area contributed by atoms with Crippen molar-refractivity contribution in [1.29, 1.82) is 0 Å². The van der Waals surface area contributed by atoms with E-state index in [4.69, 9.17) is 9.47 Å². The average molecular weight is 437 g/mol. The van der Waals surface area contributed by atoms with Gasteiger partial charge in [0.25, 0.3) is 5.91 Å². The lowest BCUT2D eigenvalue weighted by atomic mass is 10.0. The lowest BCUT2D eigenvalue weighted by Crippen LogP contribution is -2.36. The first-order chi connectivity index (χ1) is 15.4. The Morgan fingerprint density at radius 1 is 1.12 bits per heavy atom. The number of ether oxygens (including phenoxy) is 2. The molecule has 0 saturated carbocycles. The minimum atomic E-state index is -0.493. The highest BCUT2D eigenvalue weighted by atomic mass is 19.1. The molecule has 2 heterocycles. The Hall–Kier alpha value is -3.68. The van der Waals surface area contributed by atoms with Crippen LogP contribution in [0.4, 0.5) is 4.39 Å². The van der Waals surface area contributed by atoms with Crippen molar-refractivity contribution in [2.45, 2.75) is 25.8 Å². The summed E-state index contributed by atoms with van der Waals surface area (Å²) in [5.41, 5.74) is 0.714. The third-order valence-electron chi connectivity index (χ3n) is 5.70. The van der Waals surface area contributed by atoms with E-state index in [0.717, 1.165) is 18.4 Å².